The predicted octanol–water partition coefficient (Wildman–Crippen LogP) is 3.71. The van der Waals surface area contributed by atoms with Crippen LogP contribution in [0.5, 0.6) is 0 Å². The van der Waals surface area contributed by atoms with Crippen molar-refractivity contribution in [3.63, 3.8) is 0 Å². The van der Waals surface area contributed by atoms with E-state index in [9.17, 15) is 18.0 Å². The molecule has 1 amide bonds. The molecule has 1 aromatic rings. The van der Waals surface area contributed by atoms with Gasteiger partial charge in [-0.2, -0.15) is 13.2 Å². The highest BCUT2D eigenvalue weighted by Crippen LogP contribution is 2.32. The molecule has 1 saturated carbocycles. The van der Waals surface area contributed by atoms with Gasteiger partial charge in [0, 0.05) is 18.2 Å². The van der Waals surface area contributed by atoms with Crippen LogP contribution in [0.15, 0.2) is 18.2 Å². The summed E-state index contributed by atoms with van der Waals surface area (Å²) in [6.07, 6.45) is -0.857. The van der Waals surface area contributed by atoms with Crippen molar-refractivity contribution >= 4 is 24.0 Å². The largest absolute Gasteiger partial charge is 0.416 e. The van der Waals surface area contributed by atoms with E-state index < -0.39 is 11.7 Å². The molecule has 21 heavy (non-hydrogen) atoms. The molecule has 0 aliphatic heterocycles. The van der Waals surface area contributed by atoms with Gasteiger partial charge >= 0.3 is 6.18 Å². The molecule has 0 heterocycles. The van der Waals surface area contributed by atoms with E-state index in [4.69, 9.17) is 5.73 Å². The molecule has 1 aromatic carbocycles. The summed E-state index contributed by atoms with van der Waals surface area (Å²) >= 11 is 0. The zero-order valence-electron chi connectivity index (χ0n) is 11.4. The summed E-state index contributed by atoms with van der Waals surface area (Å²) in [4.78, 5) is 12.0. The lowest BCUT2D eigenvalue weighted by Gasteiger charge is -2.14. The van der Waals surface area contributed by atoms with Crippen LogP contribution in [-0.2, 0) is 17.5 Å². The molecule has 0 saturated heterocycles. The van der Waals surface area contributed by atoms with Crippen molar-refractivity contribution in [2.24, 2.45) is 11.7 Å². The van der Waals surface area contributed by atoms with Crippen LogP contribution in [0.2, 0.25) is 0 Å². The monoisotopic (exact) mass is 322 g/mol. The maximum atomic E-state index is 12.8. The normalized spacial score (nSPS) is 15.6. The Morgan fingerprint density at radius 2 is 1.86 bits per heavy atom. The van der Waals surface area contributed by atoms with Crippen molar-refractivity contribution in [2.45, 2.75) is 38.4 Å². The average molecular weight is 323 g/mol. The van der Waals surface area contributed by atoms with Gasteiger partial charge in [-0.15, -0.1) is 12.4 Å². The molecule has 0 spiro atoms. The molecule has 118 valence electrons. The van der Waals surface area contributed by atoms with Gasteiger partial charge in [0.1, 0.15) is 0 Å². The topological polar surface area (TPSA) is 55.1 Å². The fourth-order valence-corrected chi connectivity index (χ4v) is 2.48. The van der Waals surface area contributed by atoms with Crippen LogP contribution < -0.4 is 11.1 Å². The Bertz CT molecular complexity index is 499. The van der Waals surface area contributed by atoms with E-state index in [1.165, 1.54) is 6.07 Å². The van der Waals surface area contributed by atoms with E-state index in [0.29, 0.717) is 5.56 Å². The van der Waals surface area contributed by atoms with Crippen LogP contribution in [0, 0.1) is 5.92 Å². The van der Waals surface area contributed by atoms with E-state index in [0.717, 1.165) is 37.8 Å². The first-order valence-electron chi connectivity index (χ1n) is 6.62. The number of amides is 1. The van der Waals surface area contributed by atoms with Gasteiger partial charge in [-0.1, -0.05) is 12.8 Å². The molecular formula is C14H18ClF3N2O. The Hall–Kier alpha value is -1.27. The molecule has 1 aliphatic rings. The van der Waals surface area contributed by atoms with Crippen LogP contribution in [0.1, 0.15) is 36.8 Å². The van der Waals surface area contributed by atoms with E-state index in [2.05, 4.69) is 5.32 Å². The molecule has 0 radical (unpaired) electrons. The predicted molar refractivity (Wildman–Crippen MR) is 77.2 cm³/mol. The van der Waals surface area contributed by atoms with Crippen LogP contribution in [0.3, 0.4) is 0 Å². The number of carbonyl (C=O) groups excluding carboxylic acids is 1. The standard InChI is InChI=1S/C14H17F3N2O.ClH/c15-14(16,17)11-5-9(8-18)6-12(7-11)19-13(20)10-3-1-2-4-10;/h5-7,10H,1-4,8,18H2,(H,19,20);1H. The van der Waals surface area contributed by atoms with Crippen LogP contribution in [0.4, 0.5) is 18.9 Å². The van der Waals surface area contributed by atoms with Crippen LogP contribution in [-0.4, -0.2) is 5.91 Å². The summed E-state index contributed by atoms with van der Waals surface area (Å²) in [5, 5.41) is 2.58. The number of benzene rings is 1. The second kappa shape index (κ2) is 7.13. The molecule has 0 unspecified atom stereocenters. The van der Waals surface area contributed by atoms with Crippen molar-refractivity contribution in [1.82, 2.24) is 0 Å². The number of alkyl halides is 3. The van der Waals surface area contributed by atoms with Crippen molar-refractivity contribution in [3.8, 4) is 0 Å². The smallest absolute Gasteiger partial charge is 0.326 e. The summed E-state index contributed by atoms with van der Waals surface area (Å²) in [5.74, 6) is -0.296. The number of nitrogens with two attached hydrogens (primary N) is 1. The fourth-order valence-electron chi connectivity index (χ4n) is 2.48. The number of hydrogen-bond donors (Lipinski definition) is 2. The highest BCUT2D eigenvalue weighted by Gasteiger charge is 2.31. The third kappa shape index (κ3) is 4.61. The van der Waals surface area contributed by atoms with Gasteiger partial charge in [-0.25, -0.2) is 0 Å². The zero-order valence-corrected chi connectivity index (χ0v) is 12.2. The third-order valence-corrected chi connectivity index (χ3v) is 3.55. The van der Waals surface area contributed by atoms with Crippen molar-refractivity contribution < 1.29 is 18.0 Å². The molecule has 7 heteroatoms. The van der Waals surface area contributed by atoms with Crippen molar-refractivity contribution in [1.29, 1.82) is 0 Å². The van der Waals surface area contributed by atoms with E-state index in [1.807, 2.05) is 0 Å². The minimum absolute atomic E-state index is 0. The number of nitrogens with one attached hydrogen (secondary N) is 1. The van der Waals surface area contributed by atoms with E-state index in [1.54, 1.807) is 0 Å². The number of halogens is 4. The van der Waals surface area contributed by atoms with Crippen LogP contribution in [0.25, 0.3) is 0 Å². The minimum atomic E-state index is -4.45. The zero-order chi connectivity index (χ0) is 14.8. The Labute approximate surface area is 127 Å². The molecule has 0 atom stereocenters. The summed E-state index contributed by atoms with van der Waals surface area (Å²) in [7, 11) is 0. The molecule has 1 fully saturated rings. The van der Waals surface area contributed by atoms with E-state index >= 15 is 0 Å². The SMILES string of the molecule is Cl.NCc1cc(NC(=O)C2CCCC2)cc(C(F)(F)F)c1. The molecule has 2 rings (SSSR count). The number of anilines is 1. The Balaban J connectivity index is 0.00000220. The fraction of sp³-hybridized carbons (Fsp3) is 0.500. The molecule has 1 aliphatic carbocycles. The highest BCUT2D eigenvalue weighted by molar-refractivity contribution is 5.92. The van der Waals surface area contributed by atoms with Gasteiger partial charge in [-0.05, 0) is 36.6 Å². The van der Waals surface area contributed by atoms with Gasteiger partial charge in [-0.3, -0.25) is 4.79 Å². The highest BCUT2D eigenvalue weighted by atomic mass is 35.5. The summed E-state index contributed by atoms with van der Waals surface area (Å²) < 4.78 is 38.3. The first-order valence-corrected chi connectivity index (χ1v) is 6.62. The molecule has 0 bridgehead atoms. The quantitative estimate of drug-likeness (QED) is 0.891. The Morgan fingerprint density at radius 1 is 1.24 bits per heavy atom. The Kier molecular flexibility index (Phi) is 6.04. The van der Waals surface area contributed by atoms with Gasteiger partial charge in [0.25, 0.3) is 0 Å². The molecule has 3 nitrogen and oxygen atoms in total. The van der Waals surface area contributed by atoms with Crippen molar-refractivity contribution in [2.75, 3.05) is 5.32 Å². The first-order chi connectivity index (χ1) is 9.40. The second-order valence-electron chi connectivity index (χ2n) is 5.09. The lowest BCUT2D eigenvalue weighted by atomic mass is 10.1. The molecule has 0 aromatic heterocycles. The van der Waals surface area contributed by atoms with E-state index in [-0.39, 0.29) is 36.5 Å². The minimum Gasteiger partial charge on any atom is -0.326 e. The summed E-state index contributed by atoms with van der Waals surface area (Å²) in [5.41, 5.74) is 5.13. The summed E-state index contributed by atoms with van der Waals surface area (Å²) in [6.45, 7) is -0.00375. The number of rotatable bonds is 3. The first kappa shape index (κ1) is 17.8. The maximum absolute atomic E-state index is 12.8. The van der Waals surface area contributed by atoms with Crippen LogP contribution >= 0.6 is 12.4 Å². The Morgan fingerprint density at radius 3 is 2.38 bits per heavy atom. The number of hydrogen-bond acceptors (Lipinski definition) is 2. The van der Waals surface area contributed by atoms with Crippen molar-refractivity contribution in [3.05, 3.63) is 29.3 Å². The maximum Gasteiger partial charge on any atom is 0.416 e. The van der Waals surface area contributed by atoms with Gasteiger partial charge in [0.2, 0.25) is 5.91 Å². The van der Waals surface area contributed by atoms with Gasteiger partial charge in [0.15, 0.2) is 0 Å². The lowest BCUT2D eigenvalue weighted by Crippen LogP contribution is -2.21. The summed E-state index contributed by atoms with van der Waals surface area (Å²) in [6, 6.07) is 3.44. The van der Waals surface area contributed by atoms with Gasteiger partial charge in [0.05, 0.1) is 5.56 Å². The second-order valence-corrected chi connectivity index (χ2v) is 5.09. The molecule has 3 N–H and O–H groups in total. The lowest BCUT2D eigenvalue weighted by molar-refractivity contribution is -0.137. The average Bonchev–Trinajstić information content (AvgIpc) is 2.91. The third-order valence-electron chi connectivity index (χ3n) is 3.55. The number of carbonyl (C=O) groups is 1. The van der Waals surface area contributed by atoms with Gasteiger partial charge < -0.3 is 11.1 Å². The molecular weight excluding hydrogens is 305 g/mol.